The molecule has 0 saturated carbocycles. The monoisotopic (exact) mass is 290 g/mol. The average Bonchev–Trinajstić information content (AvgIpc) is 2.84. The van der Waals surface area contributed by atoms with E-state index in [1.54, 1.807) is 32.3 Å². The molecule has 2 rings (SSSR count). The maximum atomic E-state index is 12.0. The van der Waals surface area contributed by atoms with Crippen LogP contribution >= 0.6 is 11.8 Å². The van der Waals surface area contributed by atoms with Crippen molar-refractivity contribution in [2.75, 3.05) is 19.8 Å². The zero-order valence-electron chi connectivity index (χ0n) is 11.2. The Bertz CT molecular complexity index is 596. The van der Waals surface area contributed by atoms with Crippen molar-refractivity contribution in [2.45, 2.75) is 0 Å². The molecule has 1 aromatic carbocycles. The molecule has 1 N–H and O–H groups in total. The third kappa shape index (κ3) is 3.45. The predicted octanol–water partition coefficient (Wildman–Crippen LogP) is 0.941. The van der Waals surface area contributed by atoms with Gasteiger partial charge in [-0.2, -0.15) is 5.10 Å². The highest BCUT2D eigenvalue weighted by atomic mass is 32.2. The van der Waals surface area contributed by atoms with Gasteiger partial charge in [-0.05, 0) is 6.07 Å². The summed E-state index contributed by atoms with van der Waals surface area (Å²) in [5, 5.41) is 10.9. The van der Waals surface area contributed by atoms with Gasteiger partial charge in [-0.25, -0.2) is 0 Å². The highest BCUT2D eigenvalue weighted by Crippen LogP contribution is 2.10. The Morgan fingerprint density at radius 3 is 2.80 bits per heavy atom. The zero-order valence-corrected chi connectivity index (χ0v) is 12.0. The lowest BCUT2D eigenvalue weighted by Gasteiger charge is -2.11. The molecule has 20 heavy (non-hydrogen) atoms. The molecule has 1 aliphatic heterocycles. The Hall–Kier alpha value is -2.15. The number of benzene rings is 1. The fourth-order valence-electron chi connectivity index (χ4n) is 1.57. The summed E-state index contributed by atoms with van der Waals surface area (Å²) < 4.78 is 0. The molecule has 6 nitrogen and oxygen atoms in total. The summed E-state index contributed by atoms with van der Waals surface area (Å²) in [6, 6.07) is 7.16. The van der Waals surface area contributed by atoms with Crippen LogP contribution in [0.3, 0.4) is 0 Å². The Morgan fingerprint density at radius 2 is 2.15 bits per heavy atom. The molecule has 0 aromatic heterocycles. The largest absolute Gasteiger partial charge is 0.345 e. The van der Waals surface area contributed by atoms with Crippen molar-refractivity contribution < 1.29 is 9.59 Å². The highest BCUT2D eigenvalue weighted by molar-refractivity contribution is 8.15. The van der Waals surface area contributed by atoms with Gasteiger partial charge in [-0.15, -0.1) is 5.10 Å². The van der Waals surface area contributed by atoms with Crippen LogP contribution in [-0.2, 0) is 4.79 Å². The molecule has 1 heterocycles. The van der Waals surface area contributed by atoms with Crippen molar-refractivity contribution in [1.29, 1.82) is 0 Å². The quantitative estimate of drug-likeness (QED) is 0.665. The summed E-state index contributed by atoms with van der Waals surface area (Å²) in [6.07, 6.45) is 1.51. The second-order valence-corrected chi connectivity index (χ2v) is 5.24. The molecular formula is C13H14N4O2S. The maximum Gasteiger partial charge on any atom is 0.254 e. The van der Waals surface area contributed by atoms with Crippen LogP contribution in [0.25, 0.3) is 0 Å². The highest BCUT2D eigenvalue weighted by Gasteiger charge is 2.16. The number of carbonyl (C=O) groups is 2. The van der Waals surface area contributed by atoms with E-state index in [0.29, 0.717) is 22.0 Å². The van der Waals surface area contributed by atoms with E-state index in [2.05, 4.69) is 15.5 Å². The summed E-state index contributed by atoms with van der Waals surface area (Å²) in [5.74, 6) is 0.194. The molecule has 0 atom stereocenters. The Balaban J connectivity index is 2.17. The first-order valence-electron chi connectivity index (χ1n) is 5.92. The van der Waals surface area contributed by atoms with Crippen LogP contribution in [0.1, 0.15) is 15.9 Å². The Morgan fingerprint density at radius 1 is 1.40 bits per heavy atom. The van der Waals surface area contributed by atoms with Crippen molar-refractivity contribution in [2.24, 2.45) is 10.2 Å². The molecule has 0 spiro atoms. The first-order chi connectivity index (χ1) is 9.58. The number of rotatable bonds is 3. The zero-order chi connectivity index (χ0) is 14.5. The Kier molecular flexibility index (Phi) is 4.52. The lowest BCUT2D eigenvalue weighted by molar-refractivity contribution is -0.116. The van der Waals surface area contributed by atoms with E-state index in [1.165, 1.54) is 22.9 Å². The van der Waals surface area contributed by atoms with E-state index in [4.69, 9.17) is 0 Å². The number of hydrogen-bond donors (Lipinski definition) is 1. The van der Waals surface area contributed by atoms with Gasteiger partial charge in [0.15, 0.2) is 5.17 Å². The molecule has 1 aliphatic rings. The van der Waals surface area contributed by atoms with Crippen LogP contribution in [-0.4, -0.2) is 47.9 Å². The lowest BCUT2D eigenvalue weighted by Crippen LogP contribution is -2.22. The van der Waals surface area contributed by atoms with E-state index in [9.17, 15) is 9.59 Å². The number of amides is 2. The minimum Gasteiger partial charge on any atom is -0.345 e. The van der Waals surface area contributed by atoms with Crippen molar-refractivity contribution >= 4 is 35.0 Å². The van der Waals surface area contributed by atoms with Crippen LogP contribution in [0.5, 0.6) is 0 Å². The number of nitrogens with zero attached hydrogens (tertiary/aromatic N) is 3. The first kappa shape index (κ1) is 14.3. The molecule has 104 valence electrons. The molecule has 0 radical (unpaired) electrons. The van der Waals surface area contributed by atoms with Crippen LogP contribution in [0.4, 0.5) is 0 Å². The van der Waals surface area contributed by atoms with Gasteiger partial charge in [0.2, 0.25) is 5.91 Å². The summed E-state index contributed by atoms with van der Waals surface area (Å²) in [6.45, 7) is 0. The number of carbonyl (C=O) groups excluding carboxylic acids is 2. The molecule has 1 fully saturated rings. The number of thioether (sulfide) groups is 1. The SMILES string of the molecule is CN(C)C(=O)c1ccccc1C=NN=C1NC(=O)CS1. The standard InChI is InChI=1S/C13H14N4O2S/c1-17(2)12(19)10-6-4-3-5-9(10)7-14-16-13-15-11(18)8-20-13/h3-7H,8H2,1-2H3,(H,15,16,18). The third-order valence-corrected chi connectivity index (χ3v) is 3.39. The smallest absolute Gasteiger partial charge is 0.254 e. The van der Waals surface area contributed by atoms with Gasteiger partial charge in [0.05, 0.1) is 12.0 Å². The fourth-order valence-corrected chi connectivity index (χ4v) is 2.20. The van der Waals surface area contributed by atoms with E-state index in [-0.39, 0.29) is 11.8 Å². The van der Waals surface area contributed by atoms with Crippen molar-refractivity contribution in [3.8, 4) is 0 Å². The molecule has 0 bridgehead atoms. The summed E-state index contributed by atoms with van der Waals surface area (Å²) in [4.78, 5) is 24.5. The topological polar surface area (TPSA) is 74.1 Å². The molecule has 1 aromatic rings. The molecule has 0 aliphatic carbocycles. The van der Waals surface area contributed by atoms with Crippen LogP contribution in [0.15, 0.2) is 34.5 Å². The van der Waals surface area contributed by atoms with E-state index < -0.39 is 0 Å². The van der Waals surface area contributed by atoms with Gasteiger partial charge in [-0.1, -0.05) is 30.0 Å². The van der Waals surface area contributed by atoms with Gasteiger partial charge in [0, 0.05) is 25.2 Å². The minimum absolute atomic E-state index is 0.0767. The number of amidine groups is 1. The second kappa shape index (κ2) is 6.33. The summed E-state index contributed by atoms with van der Waals surface area (Å²) in [7, 11) is 3.39. The second-order valence-electron chi connectivity index (χ2n) is 4.27. The van der Waals surface area contributed by atoms with Gasteiger partial charge in [-0.3, -0.25) is 9.59 Å². The van der Waals surface area contributed by atoms with Crippen molar-refractivity contribution in [3.63, 3.8) is 0 Å². The molecule has 7 heteroatoms. The number of hydrogen-bond acceptors (Lipinski definition) is 5. The third-order valence-electron chi connectivity index (χ3n) is 2.53. The van der Waals surface area contributed by atoms with E-state index in [0.717, 1.165) is 0 Å². The lowest BCUT2D eigenvalue weighted by atomic mass is 10.1. The molecule has 0 unspecified atom stereocenters. The first-order valence-corrected chi connectivity index (χ1v) is 6.91. The Labute approximate surface area is 120 Å². The molecule has 2 amide bonds. The summed E-state index contributed by atoms with van der Waals surface area (Å²) >= 11 is 1.30. The van der Waals surface area contributed by atoms with Gasteiger partial charge < -0.3 is 10.2 Å². The van der Waals surface area contributed by atoms with Crippen LogP contribution in [0.2, 0.25) is 0 Å². The van der Waals surface area contributed by atoms with E-state index >= 15 is 0 Å². The molecular weight excluding hydrogens is 276 g/mol. The maximum absolute atomic E-state index is 12.0. The minimum atomic E-state index is -0.0942. The summed E-state index contributed by atoms with van der Waals surface area (Å²) in [5.41, 5.74) is 1.24. The van der Waals surface area contributed by atoms with Gasteiger partial charge in [0.25, 0.3) is 5.91 Å². The normalized spacial score (nSPS) is 16.7. The predicted molar refractivity (Wildman–Crippen MR) is 80.1 cm³/mol. The van der Waals surface area contributed by atoms with E-state index in [1.807, 2.05) is 6.07 Å². The van der Waals surface area contributed by atoms with Crippen molar-refractivity contribution in [3.05, 3.63) is 35.4 Å². The number of nitrogens with one attached hydrogen (secondary N) is 1. The molecule has 1 saturated heterocycles. The van der Waals surface area contributed by atoms with Crippen LogP contribution in [0, 0.1) is 0 Å². The average molecular weight is 290 g/mol. The van der Waals surface area contributed by atoms with Gasteiger partial charge in [0.1, 0.15) is 0 Å². The van der Waals surface area contributed by atoms with Crippen molar-refractivity contribution in [1.82, 2.24) is 10.2 Å². The van der Waals surface area contributed by atoms with Gasteiger partial charge >= 0.3 is 0 Å². The fraction of sp³-hybridized carbons (Fsp3) is 0.231. The van der Waals surface area contributed by atoms with Crippen LogP contribution < -0.4 is 5.32 Å².